The summed E-state index contributed by atoms with van der Waals surface area (Å²) in [6, 6.07) is 2.42. The Bertz CT molecular complexity index is 480. The van der Waals surface area contributed by atoms with E-state index in [-0.39, 0.29) is 0 Å². The van der Waals surface area contributed by atoms with Crippen molar-refractivity contribution in [2.24, 2.45) is 0 Å². The van der Waals surface area contributed by atoms with Crippen LogP contribution in [0.5, 0.6) is 0 Å². The molecule has 5 heteroatoms. The van der Waals surface area contributed by atoms with Gasteiger partial charge in [0.05, 0.1) is 5.52 Å². The van der Waals surface area contributed by atoms with E-state index in [9.17, 15) is 0 Å². The van der Waals surface area contributed by atoms with E-state index in [2.05, 4.69) is 50.0 Å². The first-order valence-corrected chi connectivity index (χ1v) is 6.22. The Labute approximate surface area is 103 Å². The topological polar surface area (TPSA) is 53.6 Å². The Morgan fingerprint density at radius 2 is 2.38 bits per heavy atom. The van der Waals surface area contributed by atoms with Gasteiger partial charge in [-0.05, 0) is 35.5 Å². The lowest BCUT2D eigenvalue weighted by Gasteiger charge is -2.09. The lowest BCUT2D eigenvalue weighted by Crippen LogP contribution is -2.27. The number of aromatic amines is 1. The van der Waals surface area contributed by atoms with Gasteiger partial charge in [-0.2, -0.15) is 0 Å². The SMILES string of the molecule is CCNC(C)Cc1nc2ncc(Br)cc2[nH]1. The summed E-state index contributed by atoms with van der Waals surface area (Å²) in [5.41, 5.74) is 1.76. The fourth-order valence-corrected chi connectivity index (χ4v) is 2.06. The van der Waals surface area contributed by atoms with E-state index in [1.165, 1.54) is 0 Å². The van der Waals surface area contributed by atoms with Crippen LogP contribution in [-0.2, 0) is 6.42 Å². The average Bonchev–Trinajstić information content (AvgIpc) is 2.59. The van der Waals surface area contributed by atoms with Crippen LogP contribution in [0.15, 0.2) is 16.7 Å². The van der Waals surface area contributed by atoms with Crippen LogP contribution in [0.1, 0.15) is 19.7 Å². The molecule has 0 aliphatic carbocycles. The van der Waals surface area contributed by atoms with Gasteiger partial charge in [0.1, 0.15) is 5.82 Å². The summed E-state index contributed by atoms with van der Waals surface area (Å²) in [6.07, 6.45) is 2.66. The summed E-state index contributed by atoms with van der Waals surface area (Å²) in [7, 11) is 0. The van der Waals surface area contributed by atoms with E-state index in [4.69, 9.17) is 0 Å². The Balaban J connectivity index is 2.19. The number of imidazole rings is 1. The van der Waals surface area contributed by atoms with Crippen molar-refractivity contribution in [1.82, 2.24) is 20.3 Å². The Morgan fingerprint density at radius 3 is 3.12 bits per heavy atom. The first-order valence-electron chi connectivity index (χ1n) is 5.42. The number of hydrogen-bond acceptors (Lipinski definition) is 3. The summed E-state index contributed by atoms with van der Waals surface area (Å²) in [5.74, 6) is 0.981. The number of fused-ring (bicyclic) bond motifs is 1. The fourth-order valence-electron chi connectivity index (χ4n) is 1.73. The number of likely N-dealkylation sites (N-methyl/N-ethyl adjacent to an activating group) is 1. The highest BCUT2D eigenvalue weighted by molar-refractivity contribution is 9.10. The number of nitrogens with one attached hydrogen (secondary N) is 2. The molecular weight excluding hydrogens is 268 g/mol. The number of hydrogen-bond donors (Lipinski definition) is 2. The van der Waals surface area contributed by atoms with Crippen molar-refractivity contribution >= 4 is 27.1 Å². The lowest BCUT2D eigenvalue weighted by atomic mass is 10.2. The standard InChI is InChI=1S/C11H15BrN4/c1-3-13-7(2)4-10-15-9-5-8(12)6-14-11(9)16-10/h5-7,13H,3-4H2,1-2H3,(H,14,15,16). The number of rotatable bonds is 4. The van der Waals surface area contributed by atoms with Crippen LogP contribution in [0.25, 0.3) is 11.2 Å². The smallest absolute Gasteiger partial charge is 0.177 e. The second-order valence-electron chi connectivity index (χ2n) is 3.87. The van der Waals surface area contributed by atoms with Crippen LogP contribution in [0.4, 0.5) is 0 Å². The highest BCUT2D eigenvalue weighted by Gasteiger charge is 2.07. The number of H-pyrrole nitrogens is 1. The molecule has 2 aromatic heterocycles. The summed E-state index contributed by atoms with van der Waals surface area (Å²) in [6.45, 7) is 5.24. The molecule has 1 atom stereocenters. The Morgan fingerprint density at radius 1 is 1.56 bits per heavy atom. The summed E-state index contributed by atoms with van der Waals surface area (Å²) < 4.78 is 0.968. The molecule has 4 nitrogen and oxygen atoms in total. The highest BCUT2D eigenvalue weighted by Crippen LogP contribution is 2.15. The Kier molecular flexibility index (Phi) is 3.56. The molecule has 16 heavy (non-hydrogen) atoms. The van der Waals surface area contributed by atoms with Gasteiger partial charge >= 0.3 is 0 Å². The molecule has 0 spiro atoms. The lowest BCUT2D eigenvalue weighted by molar-refractivity contribution is 0.555. The molecule has 86 valence electrons. The molecule has 0 aliphatic rings. The van der Waals surface area contributed by atoms with Crippen LogP contribution < -0.4 is 5.32 Å². The van der Waals surface area contributed by atoms with Crippen LogP contribution in [0.2, 0.25) is 0 Å². The zero-order valence-electron chi connectivity index (χ0n) is 9.42. The minimum atomic E-state index is 0.425. The predicted octanol–water partition coefficient (Wildman–Crippen LogP) is 2.26. The zero-order valence-corrected chi connectivity index (χ0v) is 11.0. The fraction of sp³-hybridized carbons (Fsp3) is 0.455. The quantitative estimate of drug-likeness (QED) is 0.905. The van der Waals surface area contributed by atoms with Crippen LogP contribution in [0.3, 0.4) is 0 Å². The van der Waals surface area contributed by atoms with Crippen molar-refractivity contribution in [3.8, 4) is 0 Å². The molecule has 2 N–H and O–H groups in total. The van der Waals surface area contributed by atoms with Gasteiger partial charge in [-0.1, -0.05) is 6.92 Å². The molecule has 0 saturated heterocycles. The van der Waals surface area contributed by atoms with Crippen molar-refractivity contribution in [2.45, 2.75) is 26.3 Å². The number of nitrogens with zero attached hydrogens (tertiary/aromatic N) is 2. The van der Waals surface area contributed by atoms with Crippen LogP contribution in [0, 0.1) is 0 Å². The summed E-state index contributed by atoms with van der Waals surface area (Å²) >= 11 is 3.39. The van der Waals surface area contributed by atoms with Gasteiger partial charge in [-0.3, -0.25) is 0 Å². The molecule has 1 unspecified atom stereocenters. The van der Waals surface area contributed by atoms with Gasteiger partial charge < -0.3 is 10.3 Å². The third-order valence-corrected chi connectivity index (χ3v) is 2.84. The monoisotopic (exact) mass is 282 g/mol. The van der Waals surface area contributed by atoms with Gasteiger partial charge in [0.25, 0.3) is 0 Å². The summed E-state index contributed by atoms with van der Waals surface area (Å²) in [5, 5.41) is 3.36. The third-order valence-electron chi connectivity index (χ3n) is 2.41. The van der Waals surface area contributed by atoms with E-state index in [0.717, 1.165) is 34.4 Å². The molecule has 0 saturated carbocycles. The van der Waals surface area contributed by atoms with Crippen LogP contribution in [-0.4, -0.2) is 27.5 Å². The minimum absolute atomic E-state index is 0.425. The van der Waals surface area contributed by atoms with E-state index >= 15 is 0 Å². The van der Waals surface area contributed by atoms with Gasteiger partial charge in [-0.15, -0.1) is 0 Å². The molecule has 0 aromatic carbocycles. The predicted molar refractivity (Wildman–Crippen MR) is 68.4 cm³/mol. The minimum Gasteiger partial charge on any atom is -0.341 e. The largest absolute Gasteiger partial charge is 0.341 e. The van der Waals surface area contributed by atoms with E-state index in [0.29, 0.717) is 6.04 Å². The molecule has 0 fully saturated rings. The zero-order chi connectivity index (χ0) is 11.5. The normalized spacial score (nSPS) is 13.2. The first-order chi connectivity index (χ1) is 7.69. The second-order valence-corrected chi connectivity index (χ2v) is 4.79. The molecular formula is C11H15BrN4. The van der Waals surface area contributed by atoms with Gasteiger partial charge in [-0.25, -0.2) is 9.97 Å². The van der Waals surface area contributed by atoms with Crippen molar-refractivity contribution in [3.05, 3.63) is 22.6 Å². The van der Waals surface area contributed by atoms with Crippen molar-refractivity contribution in [3.63, 3.8) is 0 Å². The number of aromatic nitrogens is 3. The van der Waals surface area contributed by atoms with E-state index in [1.807, 2.05) is 6.07 Å². The van der Waals surface area contributed by atoms with Crippen molar-refractivity contribution in [2.75, 3.05) is 6.54 Å². The highest BCUT2D eigenvalue weighted by atomic mass is 79.9. The molecule has 0 amide bonds. The van der Waals surface area contributed by atoms with Gasteiger partial charge in [0.2, 0.25) is 0 Å². The van der Waals surface area contributed by atoms with Gasteiger partial charge in [0, 0.05) is 23.1 Å². The Hall–Kier alpha value is -0.940. The van der Waals surface area contributed by atoms with Crippen molar-refractivity contribution in [1.29, 1.82) is 0 Å². The molecule has 0 bridgehead atoms. The van der Waals surface area contributed by atoms with E-state index < -0.39 is 0 Å². The maximum absolute atomic E-state index is 4.45. The summed E-state index contributed by atoms with van der Waals surface area (Å²) in [4.78, 5) is 12.0. The van der Waals surface area contributed by atoms with Gasteiger partial charge in [0.15, 0.2) is 5.65 Å². The van der Waals surface area contributed by atoms with Crippen LogP contribution >= 0.6 is 15.9 Å². The first kappa shape index (κ1) is 11.5. The number of halogens is 1. The molecule has 0 radical (unpaired) electrons. The van der Waals surface area contributed by atoms with E-state index in [1.54, 1.807) is 6.20 Å². The maximum atomic E-state index is 4.45. The molecule has 2 rings (SSSR count). The molecule has 2 aromatic rings. The van der Waals surface area contributed by atoms with Crippen molar-refractivity contribution < 1.29 is 0 Å². The third kappa shape index (κ3) is 2.59. The molecule has 0 aliphatic heterocycles. The molecule has 2 heterocycles. The number of pyridine rings is 1. The second kappa shape index (κ2) is 4.93. The average molecular weight is 283 g/mol. The maximum Gasteiger partial charge on any atom is 0.177 e.